The highest BCUT2D eigenvalue weighted by molar-refractivity contribution is 7.92. The number of hydrogen-bond acceptors (Lipinski definition) is 4. The van der Waals surface area contributed by atoms with Crippen LogP contribution < -0.4 is 14.4 Å². The number of carbonyl (C=O) groups is 1. The van der Waals surface area contributed by atoms with Crippen LogP contribution in [-0.2, 0) is 14.8 Å². The third-order valence-electron chi connectivity index (χ3n) is 3.51. The van der Waals surface area contributed by atoms with Gasteiger partial charge in [-0.2, -0.15) is 0 Å². The van der Waals surface area contributed by atoms with Crippen molar-refractivity contribution in [2.75, 3.05) is 30.3 Å². The van der Waals surface area contributed by atoms with Crippen molar-refractivity contribution in [3.8, 4) is 5.75 Å². The van der Waals surface area contributed by atoms with E-state index in [1.165, 1.54) is 18.2 Å². The summed E-state index contributed by atoms with van der Waals surface area (Å²) in [5, 5.41) is 3.19. The van der Waals surface area contributed by atoms with Gasteiger partial charge in [0.25, 0.3) is 0 Å². The van der Waals surface area contributed by atoms with E-state index >= 15 is 0 Å². The van der Waals surface area contributed by atoms with Crippen molar-refractivity contribution in [1.29, 1.82) is 0 Å². The largest absolute Gasteiger partial charge is 0.492 e. The molecule has 0 bridgehead atoms. The molecular weight excluding hydrogens is 411 g/mol. The van der Waals surface area contributed by atoms with Crippen LogP contribution in [0.2, 0.25) is 10.0 Å². The highest BCUT2D eigenvalue weighted by Gasteiger charge is 2.21. The van der Waals surface area contributed by atoms with Gasteiger partial charge in [-0.15, -0.1) is 0 Å². The molecular formula is C18H20Cl2N2O4S. The molecule has 1 amide bonds. The summed E-state index contributed by atoms with van der Waals surface area (Å²) in [6.07, 6.45) is 1.01. The molecule has 0 aliphatic rings. The molecule has 2 aromatic carbocycles. The molecule has 0 unspecified atom stereocenters. The quantitative estimate of drug-likeness (QED) is 0.651. The molecule has 0 aliphatic heterocycles. The van der Waals surface area contributed by atoms with Crippen LogP contribution in [0.15, 0.2) is 42.5 Å². The molecule has 0 radical (unpaired) electrons. The van der Waals surface area contributed by atoms with Gasteiger partial charge in [0.15, 0.2) is 0 Å². The zero-order valence-corrected chi connectivity index (χ0v) is 17.2. The van der Waals surface area contributed by atoms with Crippen LogP contribution in [0.25, 0.3) is 0 Å². The molecule has 0 saturated heterocycles. The summed E-state index contributed by atoms with van der Waals surface area (Å²) in [7, 11) is -3.70. The molecule has 0 atom stereocenters. The smallest absolute Gasteiger partial charge is 0.240 e. The standard InChI is InChI=1S/C18H20Cl2N2O4S/c1-13-4-3-5-17(8-13)26-7-6-21-18(23)12-22(27(2,24)25)16-10-14(19)9-15(20)11-16/h3-5,8-11H,6-7,12H2,1-2H3,(H,21,23). The summed E-state index contributed by atoms with van der Waals surface area (Å²) >= 11 is 11.9. The minimum Gasteiger partial charge on any atom is -0.492 e. The number of amides is 1. The lowest BCUT2D eigenvalue weighted by molar-refractivity contribution is -0.119. The Morgan fingerprint density at radius 1 is 1.15 bits per heavy atom. The van der Waals surface area contributed by atoms with Crippen LogP contribution in [-0.4, -0.2) is 40.3 Å². The topological polar surface area (TPSA) is 75.7 Å². The average molecular weight is 431 g/mol. The second-order valence-electron chi connectivity index (χ2n) is 5.91. The fourth-order valence-electron chi connectivity index (χ4n) is 2.33. The van der Waals surface area contributed by atoms with Crippen molar-refractivity contribution in [1.82, 2.24) is 5.32 Å². The first-order chi connectivity index (χ1) is 12.6. The lowest BCUT2D eigenvalue weighted by atomic mass is 10.2. The Kier molecular flexibility index (Phi) is 7.35. The second-order valence-corrected chi connectivity index (χ2v) is 8.69. The Labute approximate surface area is 169 Å². The number of ether oxygens (including phenoxy) is 1. The fraction of sp³-hybridized carbons (Fsp3) is 0.278. The number of anilines is 1. The Morgan fingerprint density at radius 2 is 1.81 bits per heavy atom. The first-order valence-corrected chi connectivity index (χ1v) is 10.7. The SMILES string of the molecule is Cc1cccc(OCCNC(=O)CN(c2cc(Cl)cc(Cl)c2)S(C)(=O)=O)c1. The van der Waals surface area contributed by atoms with Crippen molar-refractivity contribution in [2.45, 2.75) is 6.92 Å². The minimum atomic E-state index is -3.70. The highest BCUT2D eigenvalue weighted by atomic mass is 35.5. The van der Waals surface area contributed by atoms with Crippen LogP contribution in [0.1, 0.15) is 5.56 Å². The van der Waals surface area contributed by atoms with Crippen molar-refractivity contribution < 1.29 is 17.9 Å². The summed E-state index contributed by atoms with van der Waals surface area (Å²) in [5.74, 6) is 0.236. The molecule has 0 heterocycles. The monoisotopic (exact) mass is 430 g/mol. The predicted molar refractivity (Wildman–Crippen MR) is 108 cm³/mol. The summed E-state index contributed by atoms with van der Waals surface area (Å²) < 4.78 is 30.6. The molecule has 2 aromatic rings. The van der Waals surface area contributed by atoms with Gasteiger partial charge in [0.2, 0.25) is 15.9 Å². The van der Waals surface area contributed by atoms with E-state index in [0.29, 0.717) is 5.75 Å². The van der Waals surface area contributed by atoms with E-state index in [2.05, 4.69) is 5.32 Å². The Bertz CT molecular complexity index is 899. The van der Waals surface area contributed by atoms with E-state index in [4.69, 9.17) is 27.9 Å². The van der Waals surface area contributed by atoms with Crippen molar-refractivity contribution in [2.24, 2.45) is 0 Å². The van der Waals surface area contributed by atoms with Crippen LogP contribution in [0.4, 0.5) is 5.69 Å². The molecule has 1 N–H and O–H groups in total. The average Bonchev–Trinajstić information content (AvgIpc) is 2.55. The van der Waals surface area contributed by atoms with Crippen LogP contribution in [0.3, 0.4) is 0 Å². The maximum absolute atomic E-state index is 12.2. The first kappa shape index (κ1) is 21.3. The van der Waals surface area contributed by atoms with Gasteiger partial charge >= 0.3 is 0 Å². The number of hydrogen-bond donors (Lipinski definition) is 1. The van der Waals surface area contributed by atoms with E-state index < -0.39 is 15.9 Å². The summed E-state index contributed by atoms with van der Waals surface area (Å²) in [4.78, 5) is 12.2. The van der Waals surface area contributed by atoms with Gasteiger partial charge in [0.05, 0.1) is 18.5 Å². The molecule has 6 nitrogen and oxygen atoms in total. The van der Waals surface area contributed by atoms with Crippen LogP contribution in [0.5, 0.6) is 5.75 Å². The number of rotatable bonds is 8. The van der Waals surface area contributed by atoms with E-state index in [9.17, 15) is 13.2 Å². The van der Waals surface area contributed by atoms with E-state index in [1.54, 1.807) is 0 Å². The number of nitrogens with one attached hydrogen (secondary N) is 1. The Balaban J connectivity index is 1.94. The Morgan fingerprint density at radius 3 is 2.41 bits per heavy atom. The van der Waals surface area contributed by atoms with E-state index in [1.807, 2.05) is 31.2 Å². The number of halogens is 2. The van der Waals surface area contributed by atoms with E-state index in [-0.39, 0.29) is 35.4 Å². The zero-order valence-electron chi connectivity index (χ0n) is 14.9. The van der Waals surface area contributed by atoms with Gasteiger partial charge in [-0.25, -0.2) is 8.42 Å². The van der Waals surface area contributed by atoms with Crippen LogP contribution >= 0.6 is 23.2 Å². The zero-order chi connectivity index (χ0) is 20.0. The van der Waals surface area contributed by atoms with E-state index in [0.717, 1.165) is 16.1 Å². The predicted octanol–water partition coefficient (Wildman–Crippen LogP) is 3.26. The molecule has 9 heteroatoms. The molecule has 27 heavy (non-hydrogen) atoms. The number of carbonyl (C=O) groups excluding carboxylic acids is 1. The third-order valence-corrected chi connectivity index (χ3v) is 5.08. The second kappa shape index (κ2) is 9.30. The Hall–Kier alpha value is -1.96. The third kappa shape index (κ3) is 6.93. The maximum Gasteiger partial charge on any atom is 0.240 e. The van der Waals surface area contributed by atoms with Crippen molar-refractivity contribution >= 4 is 44.8 Å². The maximum atomic E-state index is 12.2. The van der Waals surface area contributed by atoms with Crippen LogP contribution in [0, 0.1) is 6.92 Å². The molecule has 2 rings (SSSR count). The van der Waals surface area contributed by atoms with Gasteiger partial charge in [-0.3, -0.25) is 9.10 Å². The first-order valence-electron chi connectivity index (χ1n) is 8.05. The summed E-state index contributed by atoms with van der Waals surface area (Å²) in [6.45, 7) is 2.06. The molecule has 0 aromatic heterocycles. The molecule has 0 spiro atoms. The highest BCUT2D eigenvalue weighted by Crippen LogP contribution is 2.26. The number of sulfonamides is 1. The summed E-state index contributed by atoms with van der Waals surface area (Å²) in [5.41, 5.74) is 1.29. The molecule has 0 fully saturated rings. The lowest BCUT2D eigenvalue weighted by Gasteiger charge is -2.22. The minimum absolute atomic E-state index is 0.223. The molecule has 0 saturated carbocycles. The fourth-order valence-corrected chi connectivity index (χ4v) is 3.69. The van der Waals surface area contributed by atoms with Crippen molar-refractivity contribution in [3.63, 3.8) is 0 Å². The van der Waals surface area contributed by atoms with Gasteiger partial charge in [-0.05, 0) is 42.8 Å². The van der Waals surface area contributed by atoms with Gasteiger partial charge in [0, 0.05) is 10.0 Å². The van der Waals surface area contributed by atoms with Crippen molar-refractivity contribution in [3.05, 3.63) is 58.1 Å². The number of benzene rings is 2. The number of aryl methyl sites for hydroxylation is 1. The number of nitrogens with zero attached hydrogens (tertiary/aromatic N) is 1. The molecule has 0 aliphatic carbocycles. The van der Waals surface area contributed by atoms with Gasteiger partial charge in [-0.1, -0.05) is 35.3 Å². The normalized spacial score (nSPS) is 11.1. The lowest BCUT2D eigenvalue weighted by Crippen LogP contribution is -2.41. The van der Waals surface area contributed by atoms with Gasteiger partial charge < -0.3 is 10.1 Å². The van der Waals surface area contributed by atoms with Gasteiger partial charge in [0.1, 0.15) is 18.9 Å². The summed E-state index contributed by atoms with van der Waals surface area (Å²) in [6, 6.07) is 11.9. The molecule has 146 valence electrons.